The highest BCUT2D eigenvalue weighted by Gasteiger charge is 2.65. The van der Waals surface area contributed by atoms with Crippen molar-refractivity contribution in [2.75, 3.05) is 26.4 Å². The molecule has 2 fully saturated rings. The van der Waals surface area contributed by atoms with E-state index in [0.29, 0.717) is 56.2 Å². The highest BCUT2D eigenvalue weighted by Crippen LogP contribution is 2.62. The Labute approximate surface area is 443 Å². The maximum atomic E-state index is 15.5. The molecular formula is C63H91N3O8. The minimum absolute atomic E-state index is 0.0249. The number of rotatable bonds is 30. The second kappa shape index (κ2) is 28.4. The van der Waals surface area contributed by atoms with Crippen LogP contribution in [0.5, 0.6) is 11.5 Å². The summed E-state index contributed by atoms with van der Waals surface area (Å²) in [6.45, 7) is 13.6. The third-order valence-electron chi connectivity index (χ3n) is 16.2. The molecular weight excluding hydrogens is 927 g/mol. The van der Waals surface area contributed by atoms with E-state index in [1.54, 1.807) is 6.08 Å². The van der Waals surface area contributed by atoms with Gasteiger partial charge in [0.05, 0.1) is 18.2 Å². The van der Waals surface area contributed by atoms with E-state index in [4.69, 9.17) is 24.2 Å². The summed E-state index contributed by atoms with van der Waals surface area (Å²) >= 11 is 0. The first-order valence-electron chi connectivity index (χ1n) is 29.0. The Bertz CT molecular complexity index is 2310. The molecule has 0 saturated heterocycles. The summed E-state index contributed by atoms with van der Waals surface area (Å²) < 4.78 is 21.0. The average molecular weight is 1020 g/mol. The lowest BCUT2D eigenvalue weighted by Gasteiger charge is -2.60. The number of hydrogen-bond acceptors (Lipinski definition) is 9. The number of nitrogens with one attached hydrogen (secondary N) is 1. The van der Waals surface area contributed by atoms with Gasteiger partial charge in [-0.15, -0.1) is 6.58 Å². The van der Waals surface area contributed by atoms with Crippen LogP contribution in [0, 0.1) is 23.7 Å². The normalized spacial score (nSPS) is 22.9. The molecule has 1 aliphatic heterocycles. The number of aliphatic hydroxyl groups excluding tert-OH is 2. The minimum Gasteiger partial charge on any atom is -0.459 e. The smallest absolute Gasteiger partial charge is 0.412 e. The summed E-state index contributed by atoms with van der Waals surface area (Å²) in [6, 6.07) is 19.7. The monoisotopic (exact) mass is 1020 g/mol. The van der Waals surface area contributed by atoms with Gasteiger partial charge in [0.25, 0.3) is 0 Å². The molecule has 0 bridgehead atoms. The van der Waals surface area contributed by atoms with Crippen molar-refractivity contribution in [1.29, 1.82) is 0 Å². The van der Waals surface area contributed by atoms with Crippen LogP contribution in [0.15, 0.2) is 90.1 Å². The van der Waals surface area contributed by atoms with E-state index in [1.807, 2.05) is 39.0 Å². The van der Waals surface area contributed by atoms with Crippen LogP contribution in [-0.4, -0.2) is 76.6 Å². The molecule has 2 amide bonds. The zero-order valence-corrected chi connectivity index (χ0v) is 45.6. The Kier molecular flexibility index (Phi) is 21.9. The number of unbranched alkanes of at least 4 members (excludes halogenated alkanes) is 11. The Morgan fingerprint density at radius 1 is 0.865 bits per heavy atom. The maximum Gasteiger partial charge on any atom is 0.412 e. The second-order valence-corrected chi connectivity index (χ2v) is 22.8. The Morgan fingerprint density at radius 3 is 2.28 bits per heavy atom. The Balaban J connectivity index is 1.31. The number of ether oxygens (including phenoxy) is 3. The molecule has 74 heavy (non-hydrogen) atoms. The molecule has 7 rings (SSSR count). The zero-order valence-electron chi connectivity index (χ0n) is 45.6. The highest BCUT2D eigenvalue weighted by atomic mass is 16.7. The third kappa shape index (κ3) is 15.0. The molecule has 3 N–H and O–H groups in total. The van der Waals surface area contributed by atoms with Crippen LogP contribution in [0.2, 0.25) is 0 Å². The summed E-state index contributed by atoms with van der Waals surface area (Å²) in [7, 11) is 0. The van der Waals surface area contributed by atoms with E-state index >= 15 is 4.79 Å². The topological polar surface area (TPSA) is 139 Å². The predicted molar refractivity (Wildman–Crippen MR) is 297 cm³/mol. The largest absolute Gasteiger partial charge is 0.459 e. The molecule has 0 radical (unpaired) electrons. The van der Waals surface area contributed by atoms with E-state index in [1.165, 1.54) is 57.8 Å². The SMILES string of the molecule is C=CCOC12Oc3ccc(OC(=O)NCCCCCCCCCCCC)cc3C3C(CCCCO)C(CCCCO)C=C(C(=NOC(C)(C)C)CC1N(Cc1cccc4ccccc14)C(=O)CCC1CCCC1)C32. The lowest BCUT2D eigenvalue weighted by molar-refractivity contribution is -0.258. The molecule has 6 unspecified atom stereocenters. The van der Waals surface area contributed by atoms with Crippen LogP contribution in [0.25, 0.3) is 10.8 Å². The number of hydrogen-bond donors (Lipinski definition) is 3. The molecule has 11 nitrogen and oxygen atoms in total. The third-order valence-corrected chi connectivity index (χ3v) is 16.2. The van der Waals surface area contributed by atoms with Gasteiger partial charge in [0.1, 0.15) is 23.1 Å². The molecule has 1 heterocycles. The molecule has 406 valence electrons. The number of fused-ring (bicyclic) bond motifs is 3. The Hall–Kier alpha value is -4.71. The fourth-order valence-electron chi connectivity index (χ4n) is 12.6. The number of oxime groups is 1. The molecule has 11 heteroatoms. The average Bonchev–Trinajstić information content (AvgIpc) is 3.93. The highest BCUT2D eigenvalue weighted by molar-refractivity contribution is 6.03. The van der Waals surface area contributed by atoms with Crippen molar-refractivity contribution in [2.45, 2.75) is 205 Å². The predicted octanol–water partition coefficient (Wildman–Crippen LogP) is 14.3. The van der Waals surface area contributed by atoms with Crippen LogP contribution in [0.4, 0.5) is 4.79 Å². The fraction of sp³-hybridized carbons (Fsp3) is 0.635. The second-order valence-electron chi connectivity index (χ2n) is 22.8. The van der Waals surface area contributed by atoms with Crippen LogP contribution >= 0.6 is 0 Å². The number of nitrogens with zero attached hydrogens (tertiary/aromatic N) is 2. The maximum absolute atomic E-state index is 15.5. The number of aliphatic hydroxyl groups is 2. The van der Waals surface area contributed by atoms with E-state index in [2.05, 4.69) is 72.3 Å². The summed E-state index contributed by atoms with van der Waals surface area (Å²) in [4.78, 5) is 37.5. The first kappa shape index (κ1) is 57.0. The van der Waals surface area contributed by atoms with Crippen molar-refractivity contribution in [3.8, 4) is 11.5 Å². The first-order chi connectivity index (χ1) is 36.0. The van der Waals surface area contributed by atoms with Gasteiger partial charge in [0, 0.05) is 50.6 Å². The van der Waals surface area contributed by atoms with Gasteiger partial charge >= 0.3 is 6.09 Å². The van der Waals surface area contributed by atoms with Crippen LogP contribution in [0.1, 0.15) is 192 Å². The van der Waals surface area contributed by atoms with Crippen molar-refractivity contribution in [2.24, 2.45) is 28.8 Å². The van der Waals surface area contributed by atoms with Gasteiger partial charge in [-0.05, 0) is 117 Å². The molecule has 3 aromatic rings. The molecule has 2 saturated carbocycles. The fourth-order valence-corrected chi connectivity index (χ4v) is 12.6. The van der Waals surface area contributed by atoms with Crippen molar-refractivity contribution < 1.29 is 38.9 Å². The van der Waals surface area contributed by atoms with E-state index in [-0.39, 0.29) is 43.5 Å². The number of carbonyl (C=O) groups excluding carboxylic acids is 2. The molecule has 3 aliphatic carbocycles. The van der Waals surface area contributed by atoms with Crippen LogP contribution in [0.3, 0.4) is 0 Å². The van der Waals surface area contributed by atoms with Gasteiger partial charge in [-0.3, -0.25) is 4.79 Å². The summed E-state index contributed by atoms with van der Waals surface area (Å²) in [6.07, 6.45) is 26.7. The van der Waals surface area contributed by atoms with Crippen molar-refractivity contribution in [3.63, 3.8) is 0 Å². The van der Waals surface area contributed by atoms with Gasteiger partial charge in [0.2, 0.25) is 11.7 Å². The van der Waals surface area contributed by atoms with Gasteiger partial charge < -0.3 is 39.5 Å². The number of allylic oxidation sites excluding steroid dienone is 1. The number of amides is 2. The van der Waals surface area contributed by atoms with E-state index in [9.17, 15) is 15.0 Å². The van der Waals surface area contributed by atoms with E-state index in [0.717, 1.165) is 97.4 Å². The van der Waals surface area contributed by atoms with Crippen molar-refractivity contribution >= 4 is 28.5 Å². The molecule has 0 spiro atoms. The zero-order chi connectivity index (χ0) is 52.3. The lowest BCUT2D eigenvalue weighted by Crippen LogP contribution is -2.70. The standard InChI is InChI=1S/C63H91N3O8/c1-6-8-9-10-11-12-13-14-15-22-38-64-61(70)72-50-35-36-56-54(43-50)59-52(33-21-24-40-68)48(29-20-23-39-67)42-53-55(65-74-62(3,4)5)44-57(63(73-56,60(53)59)71-41-7-2)66(58(69)37-34-46-26-16-17-27-46)45-49-31-25-30-47-28-18-19-32-51(47)49/h7,18-19,25,28,30-32,35-36,42-43,46,48,52,57,59-60,67-68H,2,6,8-17,20-24,26-27,29,33-34,37-41,44-45H2,1,3-5H3,(H,64,70). The van der Waals surface area contributed by atoms with Gasteiger partial charge in [-0.25, -0.2) is 4.79 Å². The number of benzene rings is 3. The number of carbonyl (C=O) groups is 2. The van der Waals surface area contributed by atoms with Crippen molar-refractivity contribution in [1.82, 2.24) is 10.2 Å². The van der Waals surface area contributed by atoms with Crippen LogP contribution in [-0.2, 0) is 20.9 Å². The summed E-state index contributed by atoms with van der Waals surface area (Å²) in [5, 5.41) is 30.5. The Morgan fingerprint density at radius 2 is 1.57 bits per heavy atom. The quantitative estimate of drug-likeness (QED) is 0.0341. The minimum atomic E-state index is -1.41. The lowest BCUT2D eigenvalue weighted by atomic mass is 9.55. The van der Waals surface area contributed by atoms with Gasteiger partial charge in [0.15, 0.2) is 0 Å². The summed E-state index contributed by atoms with van der Waals surface area (Å²) in [5.41, 5.74) is 3.08. The van der Waals surface area contributed by atoms with Crippen molar-refractivity contribution in [3.05, 3.63) is 96.1 Å². The first-order valence-corrected chi connectivity index (χ1v) is 29.0. The van der Waals surface area contributed by atoms with Gasteiger partial charge in [-0.2, -0.15) is 0 Å². The van der Waals surface area contributed by atoms with Crippen LogP contribution < -0.4 is 14.8 Å². The van der Waals surface area contributed by atoms with Gasteiger partial charge in [-0.1, -0.05) is 163 Å². The molecule has 6 atom stereocenters. The molecule has 3 aromatic carbocycles. The van der Waals surface area contributed by atoms with E-state index < -0.39 is 29.4 Å². The molecule has 0 aromatic heterocycles. The molecule has 4 aliphatic rings. The summed E-state index contributed by atoms with van der Waals surface area (Å²) in [5.74, 6) is -0.452.